The van der Waals surface area contributed by atoms with Gasteiger partial charge in [0.25, 0.3) is 0 Å². The van der Waals surface area contributed by atoms with Crippen molar-refractivity contribution in [2.75, 3.05) is 7.05 Å². The predicted octanol–water partition coefficient (Wildman–Crippen LogP) is 2.25. The van der Waals surface area contributed by atoms with E-state index >= 15 is 0 Å². The lowest BCUT2D eigenvalue weighted by atomic mass is 10.0. The van der Waals surface area contributed by atoms with Gasteiger partial charge in [0.2, 0.25) is 0 Å². The fourth-order valence-corrected chi connectivity index (χ4v) is 3.40. The summed E-state index contributed by atoms with van der Waals surface area (Å²) in [6.45, 7) is 5.09. The Morgan fingerprint density at radius 2 is 2.13 bits per heavy atom. The molecule has 0 saturated heterocycles. The smallest absolute Gasteiger partial charge is 0.0562 e. The van der Waals surface area contributed by atoms with Gasteiger partial charge in [0.15, 0.2) is 0 Å². The molecule has 0 aromatic heterocycles. The summed E-state index contributed by atoms with van der Waals surface area (Å²) in [6.07, 6.45) is 0. The van der Waals surface area contributed by atoms with Gasteiger partial charge in [-0.1, -0.05) is 26.0 Å². The monoisotopic (exact) mass is 223 g/mol. The third-order valence-corrected chi connectivity index (χ3v) is 5.21. The van der Waals surface area contributed by atoms with Gasteiger partial charge >= 0.3 is 0 Å². The summed E-state index contributed by atoms with van der Waals surface area (Å²) in [4.78, 5) is 0.911. The van der Waals surface area contributed by atoms with Crippen LogP contribution in [0.15, 0.2) is 23.1 Å². The third-order valence-electron chi connectivity index (χ3n) is 2.99. The molecule has 3 heteroatoms. The van der Waals surface area contributed by atoms with Crippen LogP contribution in [0.4, 0.5) is 0 Å². The molecule has 82 valence electrons. The number of fused-ring (bicyclic) bond motifs is 1. The second kappa shape index (κ2) is 3.35. The lowest BCUT2D eigenvalue weighted by Crippen LogP contribution is -2.18. The number of nitrogens with zero attached hydrogens (tertiary/aromatic N) is 1. The molecule has 0 radical (unpaired) electrons. The van der Waals surface area contributed by atoms with Crippen molar-refractivity contribution in [2.24, 2.45) is 0 Å². The van der Waals surface area contributed by atoms with Crippen LogP contribution < -0.4 is 0 Å². The predicted molar refractivity (Wildman–Crippen MR) is 65.5 cm³/mol. The summed E-state index contributed by atoms with van der Waals surface area (Å²) in [6, 6.07) is 6.20. The van der Waals surface area contributed by atoms with Crippen LogP contribution in [0.1, 0.15) is 30.9 Å². The van der Waals surface area contributed by atoms with Crippen molar-refractivity contribution in [2.45, 2.75) is 31.2 Å². The minimum Gasteiger partial charge on any atom is -0.248 e. The average molecular weight is 223 g/mol. The average Bonchev–Trinajstić information content (AvgIpc) is 2.38. The van der Waals surface area contributed by atoms with Gasteiger partial charge in [-0.2, -0.15) is 0 Å². The Morgan fingerprint density at radius 1 is 1.47 bits per heavy atom. The molecule has 1 aliphatic heterocycles. The Balaban J connectivity index is 2.57. The van der Waals surface area contributed by atoms with Gasteiger partial charge in [0.1, 0.15) is 0 Å². The summed E-state index contributed by atoms with van der Waals surface area (Å²) in [5, 5.41) is 0. The van der Waals surface area contributed by atoms with E-state index in [-0.39, 0.29) is 0 Å². The van der Waals surface area contributed by atoms with Crippen molar-refractivity contribution in [3.8, 4) is 0 Å². The molecular weight excluding hydrogens is 206 g/mol. The Hall–Kier alpha value is -0.800. The molecule has 0 N–H and O–H groups in total. The summed E-state index contributed by atoms with van der Waals surface area (Å²) in [7, 11) is -0.328. The summed E-state index contributed by atoms with van der Waals surface area (Å²) < 4.78 is 14.1. The van der Waals surface area contributed by atoms with Crippen LogP contribution in [0.25, 0.3) is 0 Å². The molecule has 1 heterocycles. The number of hydrogen-bond donors (Lipinski definition) is 0. The lowest BCUT2D eigenvalue weighted by molar-refractivity contribution is 0.539. The van der Waals surface area contributed by atoms with E-state index in [0.29, 0.717) is 5.92 Å². The van der Waals surface area contributed by atoms with Crippen molar-refractivity contribution in [1.82, 2.24) is 4.31 Å². The Bertz CT molecular complexity index is 488. The fourth-order valence-electron chi connectivity index (χ4n) is 1.91. The van der Waals surface area contributed by atoms with Crippen molar-refractivity contribution in [3.63, 3.8) is 0 Å². The maximum atomic E-state index is 12.2. The Labute approximate surface area is 92.1 Å². The van der Waals surface area contributed by atoms with Crippen LogP contribution in [-0.2, 0) is 16.3 Å². The fraction of sp³-hybridized carbons (Fsp3) is 0.417. The topological polar surface area (TPSA) is 20.3 Å². The van der Waals surface area contributed by atoms with Crippen LogP contribution in [0.3, 0.4) is 0 Å². The minimum absolute atomic E-state index is 0.516. The van der Waals surface area contributed by atoms with Gasteiger partial charge < -0.3 is 0 Å². The molecule has 0 saturated carbocycles. The zero-order valence-electron chi connectivity index (χ0n) is 9.49. The van der Waals surface area contributed by atoms with E-state index in [2.05, 4.69) is 31.9 Å². The normalized spacial score (nSPS) is 25.9. The first-order chi connectivity index (χ1) is 6.93. The molecule has 0 aliphatic carbocycles. The maximum absolute atomic E-state index is 12.2. The molecule has 1 aliphatic rings. The van der Waals surface area contributed by atoms with E-state index in [9.17, 15) is 4.21 Å². The van der Waals surface area contributed by atoms with Crippen LogP contribution in [-0.4, -0.2) is 21.4 Å². The first kappa shape index (κ1) is 10.7. The van der Waals surface area contributed by atoms with Crippen LogP contribution in [0.2, 0.25) is 0 Å². The molecule has 1 aromatic carbocycles. The molecule has 15 heavy (non-hydrogen) atoms. The zero-order chi connectivity index (χ0) is 11.2. The number of hydrogen-bond acceptors (Lipinski definition) is 1. The van der Waals surface area contributed by atoms with Gasteiger partial charge in [-0.05, 0) is 36.0 Å². The first-order valence-corrected chi connectivity index (χ1v) is 6.82. The highest BCUT2D eigenvalue weighted by Crippen LogP contribution is 2.31. The molecule has 2 rings (SSSR count). The highest BCUT2D eigenvalue weighted by Gasteiger charge is 2.26. The van der Waals surface area contributed by atoms with Crippen LogP contribution in [0.5, 0.6) is 0 Å². The van der Waals surface area contributed by atoms with Crippen molar-refractivity contribution >= 4 is 15.6 Å². The standard InChI is InChI=1S/C12H17NOS/c1-9(2)10-5-6-12-11(7-10)8-13(3)15(12,4)14/h5-7,9H,4,8H2,1-3H3. The van der Waals surface area contributed by atoms with E-state index in [4.69, 9.17) is 0 Å². The maximum Gasteiger partial charge on any atom is 0.0562 e. The second-order valence-electron chi connectivity index (χ2n) is 4.45. The molecular formula is C12H17NOS. The van der Waals surface area contributed by atoms with Crippen molar-refractivity contribution in [1.29, 1.82) is 0 Å². The summed E-state index contributed by atoms with van der Waals surface area (Å²) in [5.74, 6) is 4.34. The molecule has 1 aromatic rings. The first-order valence-electron chi connectivity index (χ1n) is 5.14. The lowest BCUT2D eigenvalue weighted by Gasteiger charge is -2.11. The largest absolute Gasteiger partial charge is 0.248 e. The minimum atomic E-state index is -2.19. The van der Waals surface area contributed by atoms with Gasteiger partial charge in [0, 0.05) is 11.4 Å². The van der Waals surface area contributed by atoms with Crippen LogP contribution in [0, 0.1) is 0 Å². The third kappa shape index (κ3) is 1.60. The van der Waals surface area contributed by atoms with Crippen LogP contribution >= 0.6 is 0 Å². The van der Waals surface area contributed by atoms with E-state index in [1.54, 1.807) is 0 Å². The Morgan fingerprint density at radius 3 is 2.73 bits per heavy atom. The van der Waals surface area contributed by atoms with Gasteiger partial charge in [0.05, 0.1) is 9.71 Å². The van der Waals surface area contributed by atoms with E-state index in [1.165, 1.54) is 11.1 Å². The molecule has 0 spiro atoms. The van der Waals surface area contributed by atoms with Crippen molar-refractivity contribution in [3.05, 3.63) is 29.3 Å². The summed E-state index contributed by atoms with van der Waals surface area (Å²) in [5.41, 5.74) is 2.47. The second-order valence-corrected chi connectivity index (χ2v) is 6.79. The molecule has 0 amide bonds. The molecule has 2 nitrogen and oxygen atoms in total. The number of benzene rings is 1. The molecule has 0 bridgehead atoms. The van der Waals surface area contributed by atoms with Gasteiger partial charge in [-0.25, -0.2) is 8.51 Å². The summed E-state index contributed by atoms with van der Waals surface area (Å²) >= 11 is 0. The quantitative estimate of drug-likeness (QED) is 0.669. The molecule has 0 fully saturated rings. The highest BCUT2D eigenvalue weighted by atomic mass is 32.2. The van der Waals surface area contributed by atoms with Crippen molar-refractivity contribution < 1.29 is 4.21 Å². The van der Waals surface area contributed by atoms with E-state index in [1.807, 2.05) is 17.4 Å². The van der Waals surface area contributed by atoms with E-state index in [0.717, 1.165) is 11.4 Å². The van der Waals surface area contributed by atoms with Gasteiger partial charge in [-0.3, -0.25) is 0 Å². The SMILES string of the molecule is C=S1(=O)c2ccc(C(C)C)cc2CN1C. The Kier molecular flexibility index (Phi) is 2.40. The van der Waals surface area contributed by atoms with Gasteiger partial charge in [-0.15, -0.1) is 0 Å². The number of rotatable bonds is 1. The highest BCUT2D eigenvalue weighted by molar-refractivity contribution is 7.98. The molecule has 1 atom stereocenters. The zero-order valence-corrected chi connectivity index (χ0v) is 10.3. The van der Waals surface area contributed by atoms with E-state index < -0.39 is 9.71 Å². The molecule has 1 unspecified atom stereocenters.